The number of hydrogen-bond acceptors (Lipinski definition) is 7. The van der Waals surface area contributed by atoms with Gasteiger partial charge in [0.2, 0.25) is 0 Å². The molecular weight excluding hydrogens is 376 g/mol. The van der Waals surface area contributed by atoms with E-state index in [2.05, 4.69) is 0 Å². The number of aliphatic hydroxyl groups is 4. The lowest BCUT2D eigenvalue weighted by atomic mass is 9.57. The second kappa shape index (κ2) is 5.81. The maximum absolute atomic E-state index is 12.8. The average Bonchev–Trinajstić information content (AvgIpc) is 2.80. The first-order valence-corrected chi connectivity index (χ1v) is 10.7. The predicted molar refractivity (Wildman–Crippen MR) is 103 cm³/mol. The first-order chi connectivity index (χ1) is 13.1. The molecule has 3 unspecified atom stereocenters. The minimum Gasteiger partial charge on any atom is -0.462 e. The minimum absolute atomic E-state index is 0.0157. The molecular formula is C22H34O7. The Hall–Kier alpha value is -1.02. The normalized spacial score (nSPS) is 55.8. The summed E-state index contributed by atoms with van der Waals surface area (Å²) in [6.07, 6.45) is -0.518. The average molecular weight is 411 g/mol. The first-order valence-electron chi connectivity index (χ1n) is 10.7. The van der Waals surface area contributed by atoms with Crippen molar-refractivity contribution in [3.63, 3.8) is 0 Å². The van der Waals surface area contributed by atoms with E-state index in [9.17, 15) is 30.0 Å². The van der Waals surface area contributed by atoms with Crippen molar-refractivity contribution in [2.45, 2.75) is 95.7 Å². The number of hydrogen-bond donors (Lipinski definition) is 4. The van der Waals surface area contributed by atoms with Gasteiger partial charge < -0.3 is 25.2 Å². The number of rotatable bonds is 1. The van der Waals surface area contributed by atoms with Crippen molar-refractivity contribution in [3.05, 3.63) is 0 Å². The van der Waals surface area contributed by atoms with Gasteiger partial charge in [0.1, 0.15) is 17.5 Å². The Bertz CT molecular complexity index is 756. The van der Waals surface area contributed by atoms with Crippen LogP contribution in [0.25, 0.3) is 0 Å². The fourth-order valence-corrected chi connectivity index (χ4v) is 7.94. The van der Waals surface area contributed by atoms with Crippen molar-refractivity contribution >= 4 is 11.8 Å². The lowest BCUT2D eigenvalue weighted by molar-refractivity contribution is -0.198. The quantitative estimate of drug-likeness (QED) is 0.474. The van der Waals surface area contributed by atoms with Gasteiger partial charge in [-0.25, -0.2) is 0 Å². The Morgan fingerprint density at radius 2 is 1.69 bits per heavy atom. The van der Waals surface area contributed by atoms with E-state index >= 15 is 0 Å². The molecule has 9 atom stereocenters. The maximum atomic E-state index is 12.8. The zero-order valence-electron chi connectivity index (χ0n) is 17.9. The zero-order chi connectivity index (χ0) is 21.8. The molecule has 4 rings (SSSR count). The summed E-state index contributed by atoms with van der Waals surface area (Å²) in [6.45, 7) is 7.93. The third-order valence-corrected chi connectivity index (χ3v) is 9.28. The highest BCUT2D eigenvalue weighted by Crippen LogP contribution is 2.69. The molecule has 0 aromatic carbocycles. The molecule has 0 saturated heterocycles. The van der Waals surface area contributed by atoms with Gasteiger partial charge in [-0.05, 0) is 45.4 Å². The number of fused-ring (bicyclic) bond motifs is 2. The molecule has 4 saturated carbocycles. The molecule has 4 aliphatic carbocycles. The van der Waals surface area contributed by atoms with Gasteiger partial charge in [-0.3, -0.25) is 9.59 Å². The van der Waals surface area contributed by atoms with Gasteiger partial charge in [0.25, 0.3) is 0 Å². The molecule has 0 radical (unpaired) electrons. The largest absolute Gasteiger partial charge is 0.462 e. The van der Waals surface area contributed by atoms with Crippen LogP contribution >= 0.6 is 0 Å². The first kappa shape index (κ1) is 21.2. The van der Waals surface area contributed by atoms with Crippen LogP contribution in [0.1, 0.15) is 66.7 Å². The van der Waals surface area contributed by atoms with Crippen molar-refractivity contribution in [1.82, 2.24) is 0 Å². The number of Topliss-reactive ketones (excluding diaryl/α,β-unsaturated/α-hetero) is 1. The van der Waals surface area contributed by atoms with E-state index in [1.165, 1.54) is 6.92 Å². The Kier molecular flexibility index (Phi) is 4.25. The maximum Gasteiger partial charge on any atom is 0.302 e. The lowest BCUT2D eigenvalue weighted by Gasteiger charge is -2.51. The highest BCUT2D eigenvalue weighted by atomic mass is 16.5. The van der Waals surface area contributed by atoms with Crippen LogP contribution in [0.15, 0.2) is 0 Å². The number of carbonyl (C=O) groups excluding carboxylic acids is 2. The van der Waals surface area contributed by atoms with Crippen molar-refractivity contribution in [2.75, 3.05) is 0 Å². The van der Waals surface area contributed by atoms with E-state index in [-0.39, 0.29) is 31.0 Å². The number of ether oxygens (including phenoxy) is 1. The molecule has 0 heterocycles. The van der Waals surface area contributed by atoms with Crippen LogP contribution in [0, 0.1) is 28.6 Å². The second-order valence-corrected chi connectivity index (χ2v) is 11.1. The number of esters is 1. The topological polar surface area (TPSA) is 124 Å². The Labute approximate surface area is 171 Å². The molecule has 0 aliphatic heterocycles. The third-order valence-electron chi connectivity index (χ3n) is 9.28. The molecule has 1 spiro atoms. The van der Waals surface area contributed by atoms with Gasteiger partial charge in [0.05, 0.1) is 22.7 Å². The van der Waals surface area contributed by atoms with Crippen molar-refractivity contribution in [3.8, 4) is 0 Å². The Morgan fingerprint density at radius 3 is 2.28 bits per heavy atom. The molecule has 0 aromatic heterocycles. The molecule has 164 valence electrons. The van der Waals surface area contributed by atoms with Crippen LogP contribution in [-0.2, 0) is 14.3 Å². The SMILES string of the molecule is CC(=O)OC1[C@@H]2CCC3C1(C[C@@H](O)[C@@]1(O)[C@@H](CC(=O)C1(C)C)[C@]3(C)O)C[C@@]2(C)O. The summed E-state index contributed by atoms with van der Waals surface area (Å²) in [7, 11) is 0. The zero-order valence-corrected chi connectivity index (χ0v) is 17.9. The summed E-state index contributed by atoms with van der Waals surface area (Å²) >= 11 is 0. The summed E-state index contributed by atoms with van der Waals surface area (Å²) in [5, 5.41) is 46.1. The van der Waals surface area contributed by atoms with Crippen LogP contribution in [0.4, 0.5) is 0 Å². The van der Waals surface area contributed by atoms with Crippen molar-refractivity contribution < 1.29 is 34.8 Å². The molecule has 2 bridgehead atoms. The van der Waals surface area contributed by atoms with E-state index in [1.54, 1.807) is 27.7 Å². The predicted octanol–water partition coefficient (Wildman–Crippen LogP) is 0.947. The van der Waals surface area contributed by atoms with E-state index in [0.717, 1.165) is 0 Å². The highest BCUT2D eigenvalue weighted by molar-refractivity contribution is 5.89. The summed E-state index contributed by atoms with van der Waals surface area (Å²) in [5.41, 5.74) is -6.48. The molecule has 7 nitrogen and oxygen atoms in total. The smallest absolute Gasteiger partial charge is 0.302 e. The van der Waals surface area contributed by atoms with Gasteiger partial charge in [0.15, 0.2) is 0 Å². The third kappa shape index (κ3) is 2.39. The van der Waals surface area contributed by atoms with Crippen molar-refractivity contribution in [2.24, 2.45) is 28.6 Å². The van der Waals surface area contributed by atoms with E-state index < -0.39 is 57.6 Å². The highest BCUT2D eigenvalue weighted by Gasteiger charge is 2.77. The van der Waals surface area contributed by atoms with Gasteiger partial charge >= 0.3 is 5.97 Å². The summed E-state index contributed by atoms with van der Waals surface area (Å²) in [4.78, 5) is 24.7. The van der Waals surface area contributed by atoms with Crippen LogP contribution < -0.4 is 0 Å². The monoisotopic (exact) mass is 410 g/mol. The van der Waals surface area contributed by atoms with Gasteiger partial charge in [-0.1, -0.05) is 13.8 Å². The Balaban J connectivity index is 1.91. The van der Waals surface area contributed by atoms with Crippen LogP contribution in [0.2, 0.25) is 0 Å². The molecule has 4 N–H and O–H groups in total. The standard InChI is InChI=1S/C22H34O7/c1-11(23)29-17-12-6-7-13-20(5,27)14-8-15(24)18(2,3)22(14,28)16(25)9-21(13,17)10-19(12,4)26/h12-14,16-17,25-28H,6-10H2,1-5H3/t12-,13?,14-,16+,17?,19+,20+,21?,22-/m0/s1. The van der Waals surface area contributed by atoms with E-state index in [0.29, 0.717) is 12.8 Å². The van der Waals surface area contributed by atoms with E-state index in [4.69, 9.17) is 4.74 Å². The fourth-order valence-electron chi connectivity index (χ4n) is 7.94. The Morgan fingerprint density at radius 1 is 1.07 bits per heavy atom. The molecule has 4 fully saturated rings. The number of carbonyl (C=O) groups is 2. The molecule has 7 heteroatoms. The van der Waals surface area contributed by atoms with E-state index in [1.807, 2.05) is 0 Å². The van der Waals surface area contributed by atoms with Crippen molar-refractivity contribution in [1.29, 1.82) is 0 Å². The molecule has 4 aliphatic rings. The number of ketones is 1. The minimum atomic E-state index is -1.80. The fraction of sp³-hybridized carbons (Fsp3) is 0.909. The van der Waals surface area contributed by atoms with Gasteiger partial charge in [0, 0.05) is 30.6 Å². The summed E-state index contributed by atoms with van der Waals surface area (Å²) in [5.74, 6) is -2.21. The van der Waals surface area contributed by atoms with Crippen LogP contribution in [0.5, 0.6) is 0 Å². The second-order valence-electron chi connectivity index (χ2n) is 11.1. The molecule has 29 heavy (non-hydrogen) atoms. The van der Waals surface area contributed by atoms with Crippen LogP contribution in [-0.4, -0.2) is 61.2 Å². The van der Waals surface area contributed by atoms with Gasteiger partial charge in [-0.15, -0.1) is 0 Å². The summed E-state index contributed by atoms with van der Waals surface area (Å²) < 4.78 is 5.73. The molecule has 0 aromatic rings. The number of aliphatic hydroxyl groups excluding tert-OH is 1. The van der Waals surface area contributed by atoms with Gasteiger partial charge in [-0.2, -0.15) is 0 Å². The lowest BCUT2D eigenvalue weighted by Crippen LogP contribution is -2.60. The summed E-state index contributed by atoms with van der Waals surface area (Å²) in [6, 6.07) is 0. The molecule has 0 amide bonds. The van der Waals surface area contributed by atoms with Crippen LogP contribution in [0.3, 0.4) is 0 Å².